The zero-order chi connectivity index (χ0) is 23.3. The van der Waals surface area contributed by atoms with Gasteiger partial charge in [0.15, 0.2) is 0 Å². The summed E-state index contributed by atoms with van der Waals surface area (Å²) in [5, 5.41) is 0. The maximum Gasteiger partial charge on any atom is 0.367 e. The second-order valence-corrected chi connectivity index (χ2v) is 14.1. The summed E-state index contributed by atoms with van der Waals surface area (Å²) in [7, 11) is 0. The Morgan fingerprint density at radius 2 is 1.78 bits per heavy atom. The maximum atomic E-state index is 11.5. The van der Waals surface area contributed by atoms with Crippen LogP contribution in [0.2, 0.25) is 0 Å². The van der Waals surface area contributed by atoms with E-state index in [4.69, 9.17) is 4.74 Å². The van der Waals surface area contributed by atoms with Crippen LogP contribution in [0.3, 0.4) is 0 Å². The molecule has 0 bridgehead atoms. The van der Waals surface area contributed by atoms with Gasteiger partial charge in [0.25, 0.3) is 0 Å². The normalized spacial score (nSPS) is 44.3. The summed E-state index contributed by atoms with van der Waals surface area (Å²) >= 11 is 1.78. The average Bonchev–Trinajstić information content (AvgIpc) is 3.06. The number of rotatable bonds is 6. The predicted molar refractivity (Wildman–Crippen MR) is 142 cm³/mol. The predicted octanol–water partition coefficient (Wildman–Crippen LogP) is 9.36. The molecule has 0 amide bonds. The third-order valence-corrected chi connectivity index (χ3v) is 11.3. The fourth-order valence-corrected chi connectivity index (χ4v) is 9.90. The molecule has 0 spiro atoms. The van der Waals surface area contributed by atoms with E-state index in [1.165, 1.54) is 57.8 Å². The van der Waals surface area contributed by atoms with E-state index in [9.17, 15) is 4.79 Å². The minimum atomic E-state index is -0.148. The molecule has 0 aromatic carbocycles. The second-order valence-electron chi connectivity index (χ2n) is 13.2. The first-order chi connectivity index (χ1) is 15.0. The molecule has 2 nitrogen and oxygen atoms in total. The van der Waals surface area contributed by atoms with Crippen LogP contribution in [0.25, 0.3) is 0 Å². The number of hydrogen-bond acceptors (Lipinski definition) is 2. The van der Waals surface area contributed by atoms with Gasteiger partial charge in [-0.1, -0.05) is 72.5 Å². The van der Waals surface area contributed by atoms with Gasteiger partial charge >= 0.3 is 3.98 Å². The van der Waals surface area contributed by atoms with Crippen LogP contribution >= 0.6 is 22.6 Å². The van der Waals surface area contributed by atoms with Crippen molar-refractivity contribution in [3.8, 4) is 0 Å². The Morgan fingerprint density at radius 1 is 1.03 bits per heavy atom. The lowest BCUT2D eigenvalue weighted by Crippen LogP contribution is -2.56. The molecule has 4 aliphatic carbocycles. The van der Waals surface area contributed by atoms with Crippen LogP contribution in [-0.4, -0.2) is 10.1 Å². The lowest BCUT2D eigenvalue weighted by Gasteiger charge is -2.63. The Labute approximate surface area is 211 Å². The SMILES string of the molecule is CC(C)CCC[C@@H](C)[C@H]1CC[C@@H]2[C@]1(C)CCC1[C@@]3(C)CC[C@H](OC(=O)I)CC3=CC[C@]12C. The van der Waals surface area contributed by atoms with Crippen molar-refractivity contribution in [3.63, 3.8) is 0 Å². The van der Waals surface area contributed by atoms with Crippen LogP contribution in [0, 0.1) is 45.8 Å². The summed E-state index contributed by atoms with van der Waals surface area (Å²) < 4.78 is 5.48. The Kier molecular flexibility index (Phi) is 7.19. The molecule has 0 radical (unpaired) electrons. The van der Waals surface area contributed by atoms with E-state index in [-0.39, 0.29) is 10.1 Å². The van der Waals surface area contributed by atoms with Gasteiger partial charge in [0, 0.05) is 6.42 Å². The van der Waals surface area contributed by atoms with Crippen molar-refractivity contribution < 1.29 is 9.53 Å². The zero-order valence-electron chi connectivity index (χ0n) is 21.5. The monoisotopic (exact) mass is 554 g/mol. The quantitative estimate of drug-likeness (QED) is 0.186. The van der Waals surface area contributed by atoms with Gasteiger partial charge in [0.2, 0.25) is 0 Å². The Hall–Kier alpha value is -0.0600. The molecular weight excluding hydrogens is 507 g/mol. The summed E-state index contributed by atoms with van der Waals surface area (Å²) in [6.07, 6.45) is 17.0. The van der Waals surface area contributed by atoms with E-state index in [1.54, 1.807) is 28.2 Å². The van der Waals surface area contributed by atoms with E-state index in [2.05, 4.69) is 47.6 Å². The summed E-state index contributed by atoms with van der Waals surface area (Å²) in [6, 6.07) is 0. The van der Waals surface area contributed by atoms with Gasteiger partial charge in [0.1, 0.15) is 6.10 Å². The lowest BCUT2D eigenvalue weighted by atomic mass is 9.41. The molecule has 0 aliphatic heterocycles. The van der Waals surface area contributed by atoms with Crippen LogP contribution in [0.1, 0.15) is 112 Å². The number of halogens is 1. The zero-order valence-corrected chi connectivity index (χ0v) is 23.7. The first kappa shape index (κ1) is 25.0. The molecule has 3 heteroatoms. The smallest absolute Gasteiger partial charge is 0.367 e. The second kappa shape index (κ2) is 9.19. The average molecular weight is 555 g/mol. The number of carbonyl (C=O) groups excluding carboxylic acids is 1. The van der Waals surface area contributed by atoms with Gasteiger partial charge in [0.05, 0.1) is 22.6 Å². The van der Waals surface area contributed by atoms with Crippen molar-refractivity contribution in [2.24, 2.45) is 45.8 Å². The summed E-state index contributed by atoms with van der Waals surface area (Å²) in [5.41, 5.74) is 2.88. The van der Waals surface area contributed by atoms with E-state index >= 15 is 0 Å². The van der Waals surface area contributed by atoms with Crippen LogP contribution in [-0.2, 0) is 4.74 Å². The number of ether oxygens (including phenoxy) is 1. The maximum absolute atomic E-state index is 11.5. The molecule has 0 N–H and O–H groups in total. The fourth-order valence-electron chi connectivity index (χ4n) is 9.54. The van der Waals surface area contributed by atoms with Crippen LogP contribution < -0.4 is 0 Å². The molecule has 0 saturated heterocycles. The Balaban J connectivity index is 1.52. The fraction of sp³-hybridized carbons (Fsp3) is 0.897. The van der Waals surface area contributed by atoms with Gasteiger partial charge < -0.3 is 4.74 Å². The molecule has 3 fully saturated rings. The highest BCUT2D eigenvalue weighted by Crippen LogP contribution is 2.72. The van der Waals surface area contributed by atoms with Crippen LogP contribution in [0.15, 0.2) is 11.6 Å². The molecule has 0 aromatic heterocycles. The van der Waals surface area contributed by atoms with Crippen molar-refractivity contribution in [1.29, 1.82) is 0 Å². The lowest BCUT2D eigenvalue weighted by molar-refractivity contribution is -0.114. The minimum absolute atomic E-state index is 0.0967. The molecular formula is C29H47IO2. The molecule has 4 rings (SSSR count). The highest BCUT2D eigenvalue weighted by atomic mass is 127. The molecule has 3 saturated carbocycles. The van der Waals surface area contributed by atoms with E-state index < -0.39 is 0 Å². The van der Waals surface area contributed by atoms with Crippen molar-refractivity contribution in [2.75, 3.05) is 0 Å². The molecule has 182 valence electrons. The Bertz CT molecular complexity index is 743. The third kappa shape index (κ3) is 4.24. The van der Waals surface area contributed by atoms with Gasteiger partial charge in [-0.25, -0.2) is 4.79 Å². The third-order valence-electron chi connectivity index (χ3n) is 11.1. The van der Waals surface area contributed by atoms with E-state index in [1.807, 2.05) is 0 Å². The first-order valence-electron chi connectivity index (χ1n) is 13.6. The summed E-state index contributed by atoms with van der Waals surface area (Å²) in [4.78, 5) is 11.5. The van der Waals surface area contributed by atoms with Gasteiger partial charge in [-0.05, 0) is 90.8 Å². The van der Waals surface area contributed by atoms with Gasteiger partial charge in [-0.2, -0.15) is 0 Å². The van der Waals surface area contributed by atoms with E-state index in [0.717, 1.165) is 42.4 Å². The number of fused-ring (bicyclic) bond motifs is 5. The van der Waals surface area contributed by atoms with Crippen LogP contribution in [0.5, 0.6) is 0 Å². The van der Waals surface area contributed by atoms with Crippen molar-refractivity contribution in [2.45, 2.75) is 118 Å². The molecule has 0 aromatic rings. The number of hydrogen-bond donors (Lipinski definition) is 0. The highest BCUT2D eigenvalue weighted by molar-refractivity contribution is 14.1. The molecule has 4 aliphatic rings. The summed E-state index contributed by atoms with van der Waals surface area (Å²) in [5.74, 6) is 4.27. The van der Waals surface area contributed by atoms with Gasteiger partial charge in [-0.15, -0.1) is 0 Å². The van der Waals surface area contributed by atoms with Crippen molar-refractivity contribution in [1.82, 2.24) is 0 Å². The summed E-state index contributed by atoms with van der Waals surface area (Å²) in [6.45, 7) is 15.2. The molecule has 1 unspecified atom stereocenters. The number of allylic oxidation sites excluding steroid dienone is 1. The first-order valence-corrected chi connectivity index (χ1v) is 14.6. The van der Waals surface area contributed by atoms with Crippen molar-refractivity contribution >= 4 is 26.6 Å². The molecule has 0 heterocycles. The van der Waals surface area contributed by atoms with E-state index in [0.29, 0.717) is 16.2 Å². The topological polar surface area (TPSA) is 26.3 Å². The van der Waals surface area contributed by atoms with Gasteiger partial charge in [-0.3, -0.25) is 0 Å². The largest absolute Gasteiger partial charge is 0.455 e. The molecule has 32 heavy (non-hydrogen) atoms. The molecule has 8 atom stereocenters. The minimum Gasteiger partial charge on any atom is -0.455 e. The van der Waals surface area contributed by atoms with Crippen LogP contribution in [0.4, 0.5) is 4.79 Å². The van der Waals surface area contributed by atoms with Crippen molar-refractivity contribution in [3.05, 3.63) is 11.6 Å². The number of carbonyl (C=O) groups is 1. The highest BCUT2D eigenvalue weighted by Gasteiger charge is 2.64. The Morgan fingerprint density at radius 3 is 2.47 bits per heavy atom. The standard InChI is InChI=1S/C29H47IO2/c1-19(2)8-7-9-20(3)23-10-11-24-28(23,5)17-14-25-27(4)16-13-22(32-26(30)31)18-21(27)12-15-29(24,25)6/h12,19-20,22-25H,7-11,13-18H2,1-6H3/t20-,22+,23-,24-,25?,27+,28-,29+/m1/s1.